The van der Waals surface area contributed by atoms with Gasteiger partial charge in [-0.1, -0.05) is 13.0 Å². The maximum Gasteiger partial charge on any atom is 0.123 e. The molecule has 1 unspecified atom stereocenters. The lowest BCUT2D eigenvalue weighted by Crippen LogP contribution is -2.26. The highest BCUT2D eigenvalue weighted by Gasteiger charge is 2.11. The zero-order valence-corrected chi connectivity index (χ0v) is 10.2. The molecule has 90 valence electrons. The molecule has 2 nitrogen and oxygen atoms in total. The van der Waals surface area contributed by atoms with Crippen LogP contribution in [0.4, 0.5) is 4.39 Å². The van der Waals surface area contributed by atoms with Crippen LogP contribution in [-0.4, -0.2) is 20.3 Å². The Morgan fingerprint density at radius 2 is 2.12 bits per heavy atom. The fraction of sp³-hybridized carbons (Fsp3) is 0.538. The zero-order valence-electron chi connectivity index (χ0n) is 10.2. The van der Waals surface area contributed by atoms with Crippen molar-refractivity contribution in [2.75, 3.05) is 20.3 Å². The van der Waals surface area contributed by atoms with Gasteiger partial charge in [0.1, 0.15) is 5.82 Å². The molecule has 0 radical (unpaired) electrons. The van der Waals surface area contributed by atoms with E-state index in [2.05, 4.69) is 12.2 Å². The second kappa shape index (κ2) is 6.61. The third-order valence-electron chi connectivity index (χ3n) is 2.44. The van der Waals surface area contributed by atoms with Gasteiger partial charge in [-0.2, -0.15) is 0 Å². The van der Waals surface area contributed by atoms with Gasteiger partial charge in [-0.25, -0.2) is 4.39 Å². The van der Waals surface area contributed by atoms with Crippen molar-refractivity contribution in [3.05, 3.63) is 35.1 Å². The fourth-order valence-corrected chi connectivity index (χ4v) is 1.72. The first-order chi connectivity index (χ1) is 7.67. The van der Waals surface area contributed by atoms with Gasteiger partial charge in [-0.05, 0) is 43.1 Å². The number of rotatable bonds is 6. The van der Waals surface area contributed by atoms with Crippen LogP contribution in [0.1, 0.15) is 30.5 Å². The van der Waals surface area contributed by atoms with E-state index in [4.69, 9.17) is 4.74 Å². The molecular weight excluding hydrogens is 205 g/mol. The van der Waals surface area contributed by atoms with Gasteiger partial charge >= 0.3 is 0 Å². The number of methoxy groups -OCH3 is 1. The van der Waals surface area contributed by atoms with Crippen LogP contribution in [0.5, 0.6) is 0 Å². The highest BCUT2D eigenvalue weighted by Crippen LogP contribution is 2.17. The Bertz CT molecular complexity index is 307. The van der Waals surface area contributed by atoms with E-state index in [0.717, 1.165) is 24.1 Å². The second-order valence-corrected chi connectivity index (χ2v) is 4.02. The summed E-state index contributed by atoms with van der Waals surface area (Å²) in [6, 6.07) is 5.17. The number of ether oxygens (including phenoxy) is 1. The molecule has 0 amide bonds. The number of nitrogens with one attached hydrogen (secondary N) is 1. The Hall–Kier alpha value is -0.930. The summed E-state index contributed by atoms with van der Waals surface area (Å²) >= 11 is 0. The summed E-state index contributed by atoms with van der Waals surface area (Å²) in [5.74, 6) is -0.186. The lowest BCUT2D eigenvalue weighted by molar-refractivity contribution is 0.167. The van der Waals surface area contributed by atoms with E-state index in [-0.39, 0.29) is 11.9 Å². The topological polar surface area (TPSA) is 21.3 Å². The molecule has 0 bridgehead atoms. The quantitative estimate of drug-likeness (QED) is 0.803. The largest absolute Gasteiger partial charge is 0.383 e. The predicted molar refractivity (Wildman–Crippen MR) is 64.0 cm³/mol. The third kappa shape index (κ3) is 3.91. The standard InChI is InChI=1S/C13H20FNO/c1-4-5-15-13(9-16-3)11-6-10(2)7-12(14)8-11/h6-8,13,15H,4-5,9H2,1-3H3. The third-order valence-corrected chi connectivity index (χ3v) is 2.44. The van der Waals surface area contributed by atoms with Crippen LogP contribution in [0.2, 0.25) is 0 Å². The van der Waals surface area contributed by atoms with Crippen molar-refractivity contribution >= 4 is 0 Å². The van der Waals surface area contributed by atoms with Crippen molar-refractivity contribution in [2.45, 2.75) is 26.3 Å². The van der Waals surface area contributed by atoms with Crippen molar-refractivity contribution in [3.8, 4) is 0 Å². The van der Waals surface area contributed by atoms with Gasteiger partial charge in [-0.3, -0.25) is 0 Å². The van der Waals surface area contributed by atoms with Crippen LogP contribution in [0, 0.1) is 12.7 Å². The van der Waals surface area contributed by atoms with Gasteiger partial charge in [0.15, 0.2) is 0 Å². The number of halogens is 1. The van der Waals surface area contributed by atoms with E-state index in [0.29, 0.717) is 6.61 Å². The van der Waals surface area contributed by atoms with Crippen LogP contribution in [-0.2, 0) is 4.74 Å². The molecule has 0 saturated heterocycles. The average molecular weight is 225 g/mol. The van der Waals surface area contributed by atoms with Crippen molar-refractivity contribution in [2.24, 2.45) is 0 Å². The van der Waals surface area contributed by atoms with Crippen molar-refractivity contribution in [3.63, 3.8) is 0 Å². The zero-order chi connectivity index (χ0) is 12.0. The minimum absolute atomic E-state index is 0.0688. The SMILES string of the molecule is CCCNC(COC)c1cc(C)cc(F)c1. The molecule has 1 rings (SSSR count). The number of benzene rings is 1. The Balaban J connectivity index is 2.82. The monoisotopic (exact) mass is 225 g/mol. The van der Waals surface area contributed by atoms with E-state index in [1.54, 1.807) is 13.2 Å². The Labute approximate surface area is 96.8 Å². The minimum Gasteiger partial charge on any atom is -0.383 e. The highest BCUT2D eigenvalue weighted by molar-refractivity contribution is 5.26. The smallest absolute Gasteiger partial charge is 0.123 e. The lowest BCUT2D eigenvalue weighted by Gasteiger charge is -2.18. The summed E-state index contributed by atoms with van der Waals surface area (Å²) < 4.78 is 18.4. The minimum atomic E-state index is -0.186. The predicted octanol–water partition coefficient (Wildman–Crippen LogP) is 2.82. The Morgan fingerprint density at radius 3 is 2.69 bits per heavy atom. The molecule has 0 fully saturated rings. The summed E-state index contributed by atoms with van der Waals surface area (Å²) in [7, 11) is 1.66. The van der Waals surface area contributed by atoms with Gasteiger partial charge < -0.3 is 10.1 Å². The molecule has 1 N–H and O–H groups in total. The molecule has 0 aliphatic heterocycles. The Morgan fingerprint density at radius 1 is 1.38 bits per heavy atom. The van der Waals surface area contributed by atoms with E-state index in [1.807, 2.05) is 13.0 Å². The summed E-state index contributed by atoms with van der Waals surface area (Å²) in [4.78, 5) is 0. The van der Waals surface area contributed by atoms with Crippen molar-refractivity contribution < 1.29 is 9.13 Å². The second-order valence-electron chi connectivity index (χ2n) is 4.02. The van der Waals surface area contributed by atoms with E-state index in [9.17, 15) is 4.39 Å². The van der Waals surface area contributed by atoms with Gasteiger partial charge in [0.25, 0.3) is 0 Å². The number of aryl methyl sites for hydroxylation is 1. The van der Waals surface area contributed by atoms with Crippen LogP contribution < -0.4 is 5.32 Å². The Kier molecular flexibility index (Phi) is 5.43. The van der Waals surface area contributed by atoms with Gasteiger partial charge in [-0.15, -0.1) is 0 Å². The first kappa shape index (κ1) is 13.1. The molecule has 0 aliphatic rings. The molecule has 1 aromatic carbocycles. The molecule has 0 saturated carbocycles. The summed E-state index contributed by atoms with van der Waals surface area (Å²) in [6.07, 6.45) is 1.05. The fourth-order valence-electron chi connectivity index (χ4n) is 1.72. The molecule has 0 aliphatic carbocycles. The first-order valence-electron chi connectivity index (χ1n) is 5.66. The molecule has 0 heterocycles. The number of hydrogen-bond donors (Lipinski definition) is 1. The lowest BCUT2D eigenvalue weighted by atomic mass is 10.0. The number of hydrogen-bond acceptors (Lipinski definition) is 2. The van der Waals surface area contributed by atoms with Crippen molar-refractivity contribution in [1.29, 1.82) is 0 Å². The van der Waals surface area contributed by atoms with Crippen LogP contribution >= 0.6 is 0 Å². The van der Waals surface area contributed by atoms with E-state index >= 15 is 0 Å². The van der Waals surface area contributed by atoms with Crippen LogP contribution in [0.25, 0.3) is 0 Å². The molecule has 3 heteroatoms. The normalized spacial score (nSPS) is 12.8. The van der Waals surface area contributed by atoms with Crippen molar-refractivity contribution in [1.82, 2.24) is 5.32 Å². The summed E-state index contributed by atoms with van der Waals surface area (Å²) in [6.45, 7) is 5.47. The summed E-state index contributed by atoms with van der Waals surface area (Å²) in [5.41, 5.74) is 1.89. The van der Waals surface area contributed by atoms with Crippen LogP contribution in [0.15, 0.2) is 18.2 Å². The molecule has 0 spiro atoms. The maximum atomic E-state index is 13.3. The first-order valence-corrected chi connectivity index (χ1v) is 5.66. The van der Waals surface area contributed by atoms with E-state index in [1.165, 1.54) is 6.07 Å². The van der Waals surface area contributed by atoms with Gasteiger partial charge in [0.05, 0.1) is 12.6 Å². The van der Waals surface area contributed by atoms with Crippen LogP contribution in [0.3, 0.4) is 0 Å². The molecule has 16 heavy (non-hydrogen) atoms. The molecule has 1 atom stereocenters. The maximum absolute atomic E-state index is 13.3. The molecular formula is C13H20FNO. The van der Waals surface area contributed by atoms with Gasteiger partial charge in [0, 0.05) is 7.11 Å². The highest BCUT2D eigenvalue weighted by atomic mass is 19.1. The van der Waals surface area contributed by atoms with E-state index < -0.39 is 0 Å². The average Bonchev–Trinajstić information content (AvgIpc) is 2.22. The van der Waals surface area contributed by atoms with Gasteiger partial charge in [0.2, 0.25) is 0 Å². The molecule has 1 aromatic rings. The summed E-state index contributed by atoms with van der Waals surface area (Å²) in [5, 5.41) is 3.35. The molecule has 0 aromatic heterocycles.